The average Bonchev–Trinajstić information content (AvgIpc) is 3.03. The molecule has 2 aliphatic rings. The minimum atomic E-state index is -0.0471. The Kier molecular flexibility index (Phi) is 3.28. The van der Waals surface area contributed by atoms with E-state index in [1.807, 2.05) is 12.4 Å². The number of imidazole rings is 1. The zero-order valence-electron chi connectivity index (χ0n) is 12.2. The zero-order chi connectivity index (χ0) is 14.1. The minimum Gasteiger partial charge on any atom is -0.370 e. The summed E-state index contributed by atoms with van der Waals surface area (Å²) in [6, 6.07) is 8.81. The zero-order valence-corrected chi connectivity index (χ0v) is 12.2. The van der Waals surface area contributed by atoms with Crippen LogP contribution in [0.4, 0.5) is 0 Å². The fraction of sp³-hybridized carbons (Fsp3) is 0.471. The normalized spacial score (nSPS) is 21.3. The molecule has 2 aromatic rings. The number of likely N-dealkylation sites (tertiary alicyclic amines) is 1. The van der Waals surface area contributed by atoms with Crippen LogP contribution in [0.25, 0.3) is 0 Å². The number of piperidine rings is 1. The molecular formula is C17H21N3O. The lowest BCUT2D eigenvalue weighted by molar-refractivity contribution is -0.0991. The summed E-state index contributed by atoms with van der Waals surface area (Å²) in [6.45, 7) is 3.89. The van der Waals surface area contributed by atoms with Crippen LogP contribution in [0.15, 0.2) is 36.7 Å². The Morgan fingerprint density at radius 1 is 1.24 bits per heavy atom. The third-order valence-electron chi connectivity index (χ3n) is 4.85. The van der Waals surface area contributed by atoms with Crippen LogP contribution in [0, 0.1) is 0 Å². The Morgan fingerprint density at radius 3 is 2.90 bits per heavy atom. The first-order chi connectivity index (χ1) is 10.4. The van der Waals surface area contributed by atoms with E-state index in [0.29, 0.717) is 0 Å². The van der Waals surface area contributed by atoms with Crippen molar-refractivity contribution < 1.29 is 4.74 Å². The average molecular weight is 283 g/mol. The van der Waals surface area contributed by atoms with Gasteiger partial charge >= 0.3 is 0 Å². The highest BCUT2D eigenvalue weighted by Crippen LogP contribution is 2.41. The molecule has 0 atom stereocenters. The van der Waals surface area contributed by atoms with Crippen molar-refractivity contribution in [2.45, 2.75) is 31.4 Å². The molecule has 21 heavy (non-hydrogen) atoms. The van der Waals surface area contributed by atoms with Crippen LogP contribution < -0.4 is 0 Å². The van der Waals surface area contributed by atoms with Gasteiger partial charge in [0.25, 0.3) is 0 Å². The number of nitrogens with one attached hydrogen (secondary N) is 1. The number of rotatable bonds is 2. The molecule has 1 aromatic carbocycles. The van der Waals surface area contributed by atoms with Gasteiger partial charge in [-0.15, -0.1) is 0 Å². The lowest BCUT2D eigenvalue weighted by Crippen LogP contribution is -2.46. The Bertz CT molecular complexity index is 600. The predicted octanol–water partition coefficient (Wildman–Crippen LogP) is 2.47. The summed E-state index contributed by atoms with van der Waals surface area (Å²) in [5.41, 5.74) is 2.85. The molecule has 1 spiro atoms. The van der Waals surface area contributed by atoms with Gasteiger partial charge in [0, 0.05) is 25.5 Å². The van der Waals surface area contributed by atoms with Crippen molar-refractivity contribution in [2.75, 3.05) is 19.7 Å². The molecule has 1 saturated heterocycles. The predicted molar refractivity (Wildman–Crippen MR) is 80.9 cm³/mol. The van der Waals surface area contributed by atoms with E-state index < -0.39 is 0 Å². The molecule has 1 fully saturated rings. The molecule has 110 valence electrons. The summed E-state index contributed by atoms with van der Waals surface area (Å²) in [5, 5.41) is 0. The first-order valence-electron chi connectivity index (χ1n) is 7.79. The molecule has 3 heterocycles. The number of aromatic amines is 1. The second kappa shape index (κ2) is 5.28. The summed E-state index contributed by atoms with van der Waals surface area (Å²) in [5.74, 6) is 1.05. The summed E-state index contributed by atoms with van der Waals surface area (Å²) in [7, 11) is 0. The van der Waals surface area contributed by atoms with Crippen LogP contribution in [0.5, 0.6) is 0 Å². The van der Waals surface area contributed by atoms with Gasteiger partial charge in [-0.2, -0.15) is 0 Å². The number of hydrogen-bond acceptors (Lipinski definition) is 3. The highest BCUT2D eigenvalue weighted by molar-refractivity contribution is 5.35. The standard InChI is InChI=1S/C17H21N3O/c1-2-4-15-14(3-1)5-12-21-17(15)6-10-20(11-7-17)13-16-18-8-9-19-16/h1-4,8-9H,5-7,10-13H2,(H,18,19). The van der Waals surface area contributed by atoms with Gasteiger partial charge in [0.2, 0.25) is 0 Å². The quantitative estimate of drug-likeness (QED) is 0.920. The summed E-state index contributed by atoms with van der Waals surface area (Å²) < 4.78 is 6.27. The van der Waals surface area contributed by atoms with Gasteiger partial charge in [-0.1, -0.05) is 24.3 Å². The minimum absolute atomic E-state index is 0.0471. The first-order valence-corrected chi connectivity index (χ1v) is 7.79. The Labute approximate surface area is 125 Å². The van der Waals surface area contributed by atoms with Crippen LogP contribution >= 0.6 is 0 Å². The monoisotopic (exact) mass is 283 g/mol. The maximum Gasteiger partial charge on any atom is 0.120 e. The van der Waals surface area contributed by atoms with Crippen LogP contribution in [0.2, 0.25) is 0 Å². The molecule has 1 N–H and O–H groups in total. The number of nitrogens with zero attached hydrogens (tertiary/aromatic N) is 2. The van der Waals surface area contributed by atoms with Gasteiger partial charge in [-0.05, 0) is 30.4 Å². The molecule has 0 amide bonds. The summed E-state index contributed by atoms with van der Waals surface area (Å²) >= 11 is 0. The lowest BCUT2D eigenvalue weighted by Gasteiger charge is -2.45. The van der Waals surface area contributed by atoms with Crippen molar-refractivity contribution in [2.24, 2.45) is 0 Å². The van der Waals surface area contributed by atoms with Crippen molar-refractivity contribution in [3.63, 3.8) is 0 Å². The largest absolute Gasteiger partial charge is 0.370 e. The number of fused-ring (bicyclic) bond motifs is 2. The molecule has 0 radical (unpaired) electrons. The molecular weight excluding hydrogens is 262 g/mol. The van der Waals surface area contributed by atoms with Crippen molar-refractivity contribution in [1.82, 2.24) is 14.9 Å². The van der Waals surface area contributed by atoms with Gasteiger partial charge in [0.1, 0.15) is 5.82 Å². The van der Waals surface area contributed by atoms with Crippen LogP contribution in [-0.2, 0) is 23.3 Å². The Morgan fingerprint density at radius 2 is 2.10 bits per heavy atom. The van der Waals surface area contributed by atoms with Gasteiger partial charge < -0.3 is 9.72 Å². The van der Waals surface area contributed by atoms with Crippen molar-refractivity contribution >= 4 is 0 Å². The van der Waals surface area contributed by atoms with E-state index in [0.717, 1.165) is 51.3 Å². The third kappa shape index (κ3) is 2.39. The third-order valence-corrected chi connectivity index (χ3v) is 4.85. The topological polar surface area (TPSA) is 41.1 Å². The maximum atomic E-state index is 6.27. The molecule has 0 bridgehead atoms. The van der Waals surface area contributed by atoms with E-state index >= 15 is 0 Å². The fourth-order valence-corrected chi connectivity index (χ4v) is 3.70. The van der Waals surface area contributed by atoms with E-state index in [4.69, 9.17) is 4.74 Å². The molecule has 2 aliphatic heterocycles. The van der Waals surface area contributed by atoms with E-state index in [1.54, 1.807) is 0 Å². The molecule has 4 rings (SSSR count). The molecule has 0 unspecified atom stereocenters. The van der Waals surface area contributed by atoms with Gasteiger partial charge in [0.15, 0.2) is 0 Å². The highest BCUT2D eigenvalue weighted by atomic mass is 16.5. The van der Waals surface area contributed by atoms with Crippen molar-refractivity contribution in [3.8, 4) is 0 Å². The number of benzene rings is 1. The van der Waals surface area contributed by atoms with E-state index in [1.165, 1.54) is 11.1 Å². The fourth-order valence-electron chi connectivity index (χ4n) is 3.70. The molecule has 4 heteroatoms. The smallest absolute Gasteiger partial charge is 0.120 e. The Hall–Kier alpha value is -1.65. The SMILES string of the molecule is c1ccc2c(c1)CCOC21CCN(Cc2ncc[nH]2)CC1. The van der Waals surface area contributed by atoms with E-state index in [-0.39, 0.29) is 5.60 Å². The van der Waals surface area contributed by atoms with Crippen LogP contribution in [0.3, 0.4) is 0 Å². The molecule has 0 saturated carbocycles. The molecule has 0 aliphatic carbocycles. The summed E-state index contributed by atoms with van der Waals surface area (Å²) in [6.07, 6.45) is 6.91. The van der Waals surface area contributed by atoms with E-state index in [9.17, 15) is 0 Å². The molecule has 1 aromatic heterocycles. The van der Waals surface area contributed by atoms with Crippen molar-refractivity contribution in [3.05, 3.63) is 53.6 Å². The molecule has 4 nitrogen and oxygen atoms in total. The highest BCUT2D eigenvalue weighted by Gasteiger charge is 2.40. The van der Waals surface area contributed by atoms with Gasteiger partial charge in [-0.3, -0.25) is 4.90 Å². The van der Waals surface area contributed by atoms with Gasteiger partial charge in [0.05, 0.1) is 18.8 Å². The van der Waals surface area contributed by atoms with Crippen LogP contribution in [0.1, 0.15) is 29.8 Å². The second-order valence-electron chi connectivity index (χ2n) is 6.06. The number of H-pyrrole nitrogens is 1. The second-order valence-corrected chi connectivity index (χ2v) is 6.06. The van der Waals surface area contributed by atoms with Crippen LogP contribution in [-0.4, -0.2) is 34.6 Å². The number of aromatic nitrogens is 2. The number of hydrogen-bond donors (Lipinski definition) is 1. The maximum absolute atomic E-state index is 6.27. The summed E-state index contributed by atoms with van der Waals surface area (Å²) in [4.78, 5) is 9.97. The van der Waals surface area contributed by atoms with E-state index in [2.05, 4.69) is 39.1 Å². The number of ether oxygens (including phenoxy) is 1. The first kappa shape index (κ1) is 13.0. The van der Waals surface area contributed by atoms with Crippen molar-refractivity contribution in [1.29, 1.82) is 0 Å². The van der Waals surface area contributed by atoms with Gasteiger partial charge in [-0.25, -0.2) is 4.98 Å². The lowest BCUT2D eigenvalue weighted by atomic mass is 9.79. The Balaban J connectivity index is 1.50.